The molecule has 0 saturated carbocycles. The van der Waals surface area contributed by atoms with Crippen molar-refractivity contribution < 1.29 is 8.42 Å². The Bertz CT molecular complexity index is 738. The van der Waals surface area contributed by atoms with E-state index in [0.717, 1.165) is 5.56 Å². The lowest BCUT2D eigenvalue weighted by Gasteiger charge is -2.13. The fourth-order valence-corrected chi connectivity index (χ4v) is 3.72. The van der Waals surface area contributed by atoms with Crippen LogP contribution in [0.1, 0.15) is 11.1 Å². The number of sulfonamides is 1. The minimum absolute atomic E-state index is 0.0802. The van der Waals surface area contributed by atoms with Gasteiger partial charge in [0.05, 0.1) is 16.4 Å². The van der Waals surface area contributed by atoms with Crippen molar-refractivity contribution in [1.82, 2.24) is 0 Å². The van der Waals surface area contributed by atoms with Crippen LogP contribution in [0.25, 0.3) is 0 Å². The molecule has 20 heavy (non-hydrogen) atoms. The van der Waals surface area contributed by atoms with Crippen LogP contribution in [-0.2, 0) is 10.0 Å². The topological polar surface area (TPSA) is 72.2 Å². The van der Waals surface area contributed by atoms with Crippen LogP contribution in [0.3, 0.4) is 0 Å². The van der Waals surface area contributed by atoms with E-state index in [9.17, 15) is 8.42 Å². The average Bonchev–Trinajstić information content (AvgIpc) is 2.32. The first-order valence-electron chi connectivity index (χ1n) is 5.95. The molecular weight excluding hydrogens is 296 g/mol. The molecule has 0 spiro atoms. The Balaban J connectivity index is 2.46. The van der Waals surface area contributed by atoms with Gasteiger partial charge in [-0.2, -0.15) is 0 Å². The lowest BCUT2D eigenvalue weighted by molar-refractivity contribution is 0.601. The molecule has 0 aliphatic heterocycles. The van der Waals surface area contributed by atoms with Crippen LogP contribution < -0.4 is 10.5 Å². The molecule has 4 nitrogen and oxygen atoms in total. The molecule has 0 fully saturated rings. The largest absolute Gasteiger partial charge is 0.398 e. The van der Waals surface area contributed by atoms with Gasteiger partial charge in [0, 0.05) is 0 Å². The predicted octanol–water partition coefficient (Wildman–Crippen LogP) is 3.34. The highest BCUT2D eigenvalue weighted by Gasteiger charge is 2.20. The summed E-state index contributed by atoms with van der Waals surface area (Å²) in [6.07, 6.45) is 0. The van der Waals surface area contributed by atoms with Crippen molar-refractivity contribution >= 4 is 33.0 Å². The second-order valence-electron chi connectivity index (χ2n) is 4.58. The average molecular weight is 311 g/mol. The molecule has 106 valence electrons. The zero-order chi connectivity index (χ0) is 14.9. The second kappa shape index (κ2) is 5.34. The summed E-state index contributed by atoms with van der Waals surface area (Å²) < 4.78 is 27.3. The Hall–Kier alpha value is -1.72. The second-order valence-corrected chi connectivity index (χ2v) is 6.61. The first-order valence-corrected chi connectivity index (χ1v) is 7.81. The maximum Gasteiger partial charge on any atom is 0.264 e. The van der Waals surface area contributed by atoms with Crippen LogP contribution in [0.15, 0.2) is 41.3 Å². The zero-order valence-electron chi connectivity index (χ0n) is 11.1. The summed E-state index contributed by atoms with van der Waals surface area (Å²) in [6.45, 7) is 3.57. The number of halogens is 1. The molecular formula is C14H15ClN2O2S. The van der Waals surface area contributed by atoms with E-state index < -0.39 is 10.0 Å². The molecule has 2 rings (SSSR count). The van der Waals surface area contributed by atoms with Crippen molar-refractivity contribution in [2.75, 3.05) is 10.5 Å². The molecule has 0 atom stereocenters. The first kappa shape index (κ1) is 14.7. The van der Waals surface area contributed by atoms with Crippen molar-refractivity contribution in [3.05, 3.63) is 52.5 Å². The fourth-order valence-electron chi connectivity index (χ4n) is 1.94. The van der Waals surface area contributed by atoms with Crippen molar-refractivity contribution in [1.29, 1.82) is 0 Å². The molecule has 2 aromatic rings. The van der Waals surface area contributed by atoms with Gasteiger partial charge < -0.3 is 5.73 Å². The predicted molar refractivity (Wildman–Crippen MR) is 82.6 cm³/mol. The summed E-state index contributed by atoms with van der Waals surface area (Å²) in [7, 11) is -3.77. The Morgan fingerprint density at radius 1 is 1.15 bits per heavy atom. The molecule has 6 heteroatoms. The van der Waals surface area contributed by atoms with E-state index in [4.69, 9.17) is 17.3 Å². The van der Waals surface area contributed by atoms with Gasteiger partial charge in [0.15, 0.2) is 0 Å². The molecule has 0 bridgehead atoms. The maximum atomic E-state index is 12.4. The van der Waals surface area contributed by atoms with E-state index >= 15 is 0 Å². The van der Waals surface area contributed by atoms with Gasteiger partial charge in [-0.25, -0.2) is 8.42 Å². The third kappa shape index (κ3) is 2.89. The fraction of sp³-hybridized carbons (Fsp3) is 0.143. The minimum atomic E-state index is -3.77. The molecule has 0 unspecified atom stereocenters. The standard InChI is InChI=1S/C14H15ClN2O2S/c1-9-6-7-13(11(15)8-9)17-20(18,19)14-10(2)4-3-5-12(14)16/h3-8,17H,16H2,1-2H3. The van der Waals surface area contributed by atoms with Gasteiger partial charge in [-0.05, 0) is 43.2 Å². The van der Waals surface area contributed by atoms with E-state index in [1.807, 2.05) is 6.92 Å². The maximum absolute atomic E-state index is 12.4. The molecule has 0 radical (unpaired) electrons. The number of hydrogen-bond donors (Lipinski definition) is 2. The van der Waals surface area contributed by atoms with Crippen LogP contribution in [0.2, 0.25) is 5.02 Å². The summed E-state index contributed by atoms with van der Waals surface area (Å²) in [5, 5.41) is 0.348. The Kier molecular flexibility index (Phi) is 3.92. The molecule has 0 aliphatic carbocycles. The van der Waals surface area contributed by atoms with Crippen molar-refractivity contribution in [3.8, 4) is 0 Å². The monoisotopic (exact) mass is 310 g/mol. The highest BCUT2D eigenvalue weighted by atomic mass is 35.5. The number of hydrogen-bond acceptors (Lipinski definition) is 3. The van der Waals surface area contributed by atoms with Gasteiger partial charge in [0.25, 0.3) is 10.0 Å². The molecule has 3 N–H and O–H groups in total. The van der Waals surface area contributed by atoms with Crippen molar-refractivity contribution in [3.63, 3.8) is 0 Å². The van der Waals surface area contributed by atoms with Crippen molar-refractivity contribution in [2.24, 2.45) is 0 Å². The van der Waals surface area contributed by atoms with E-state index in [-0.39, 0.29) is 10.6 Å². The molecule has 0 aromatic heterocycles. The molecule has 0 saturated heterocycles. The number of benzene rings is 2. The number of anilines is 2. The smallest absolute Gasteiger partial charge is 0.264 e. The third-order valence-corrected chi connectivity index (χ3v) is 4.78. The summed E-state index contributed by atoms with van der Waals surface area (Å²) in [5.74, 6) is 0. The number of nitrogens with one attached hydrogen (secondary N) is 1. The quantitative estimate of drug-likeness (QED) is 0.854. The molecule has 0 amide bonds. The van der Waals surface area contributed by atoms with Gasteiger partial charge in [-0.15, -0.1) is 0 Å². The van der Waals surface area contributed by atoms with E-state index in [1.54, 1.807) is 43.3 Å². The van der Waals surface area contributed by atoms with Crippen LogP contribution in [0, 0.1) is 13.8 Å². The number of nitrogens with two attached hydrogens (primary N) is 1. The number of rotatable bonds is 3. The third-order valence-electron chi connectivity index (χ3n) is 2.88. The van der Waals surface area contributed by atoms with Gasteiger partial charge in [0.1, 0.15) is 4.90 Å². The zero-order valence-corrected chi connectivity index (χ0v) is 12.7. The summed E-state index contributed by atoms with van der Waals surface area (Å²) in [4.78, 5) is 0.0802. The Morgan fingerprint density at radius 2 is 1.85 bits per heavy atom. The van der Waals surface area contributed by atoms with E-state index in [1.165, 1.54) is 0 Å². The summed E-state index contributed by atoms with van der Waals surface area (Å²) in [6, 6.07) is 10.1. The SMILES string of the molecule is Cc1ccc(NS(=O)(=O)c2c(C)cccc2N)c(Cl)c1. The Labute approximate surface area is 123 Å². The van der Waals surface area contributed by atoms with Crippen LogP contribution in [0.5, 0.6) is 0 Å². The molecule has 0 heterocycles. The highest BCUT2D eigenvalue weighted by molar-refractivity contribution is 7.93. The number of aryl methyl sites for hydroxylation is 2. The summed E-state index contributed by atoms with van der Waals surface area (Å²) in [5.41, 5.74) is 7.85. The Morgan fingerprint density at radius 3 is 2.45 bits per heavy atom. The van der Waals surface area contributed by atoms with Crippen LogP contribution in [0.4, 0.5) is 11.4 Å². The highest BCUT2D eigenvalue weighted by Crippen LogP contribution is 2.28. The number of nitrogen functional groups attached to an aromatic ring is 1. The van der Waals surface area contributed by atoms with Crippen LogP contribution in [-0.4, -0.2) is 8.42 Å². The molecule has 0 aliphatic rings. The van der Waals surface area contributed by atoms with Crippen molar-refractivity contribution in [2.45, 2.75) is 18.7 Å². The lowest BCUT2D eigenvalue weighted by Crippen LogP contribution is -2.16. The van der Waals surface area contributed by atoms with Gasteiger partial charge in [0.2, 0.25) is 0 Å². The van der Waals surface area contributed by atoms with E-state index in [0.29, 0.717) is 16.3 Å². The van der Waals surface area contributed by atoms with Gasteiger partial charge in [-0.1, -0.05) is 29.8 Å². The normalized spacial score (nSPS) is 11.3. The first-order chi connectivity index (χ1) is 9.31. The van der Waals surface area contributed by atoms with Gasteiger partial charge in [-0.3, -0.25) is 4.72 Å². The molecule has 2 aromatic carbocycles. The van der Waals surface area contributed by atoms with E-state index in [2.05, 4.69) is 4.72 Å². The summed E-state index contributed by atoms with van der Waals surface area (Å²) >= 11 is 6.04. The van der Waals surface area contributed by atoms with Crippen LogP contribution >= 0.6 is 11.6 Å². The minimum Gasteiger partial charge on any atom is -0.398 e. The van der Waals surface area contributed by atoms with Gasteiger partial charge >= 0.3 is 0 Å². The lowest BCUT2D eigenvalue weighted by atomic mass is 10.2.